The van der Waals surface area contributed by atoms with Crippen molar-refractivity contribution in [2.24, 2.45) is 0 Å². The average Bonchev–Trinajstić information content (AvgIpc) is 3.02. The van der Waals surface area contributed by atoms with E-state index < -0.39 is 30.3 Å². The van der Waals surface area contributed by atoms with Gasteiger partial charge in [-0.25, -0.2) is 4.98 Å². The standard InChI is InChI=1S/C12H17N5O5/c1-16(2)12-14-8-5(9(20)15-12)13-4-17(8)10-6(18)7(19)11(21-3)22-10/h4,6-7,10-11,18-19H,1-3H3,(H,14,15,20)/t6-,7+,10-,11+/m1/s1. The van der Waals surface area contributed by atoms with E-state index in [1.165, 1.54) is 18.0 Å². The number of ether oxygens (including phenoxy) is 2. The Balaban J connectivity index is 2.10. The van der Waals surface area contributed by atoms with Crippen LogP contribution in [0, 0.1) is 0 Å². The molecule has 2 aromatic heterocycles. The number of fused-ring (bicyclic) bond motifs is 1. The van der Waals surface area contributed by atoms with Crippen LogP contribution >= 0.6 is 0 Å². The van der Waals surface area contributed by atoms with Crippen molar-refractivity contribution >= 4 is 17.1 Å². The summed E-state index contributed by atoms with van der Waals surface area (Å²) in [7, 11) is 4.83. The first-order valence-corrected chi connectivity index (χ1v) is 6.62. The molecule has 22 heavy (non-hydrogen) atoms. The smallest absolute Gasteiger partial charge is 0.280 e. The Labute approximate surface area is 124 Å². The minimum Gasteiger partial charge on any atom is -0.385 e. The van der Waals surface area contributed by atoms with Gasteiger partial charge in [0.1, 0.15) is 12.2 Å². The molecule has 0 aliphatic carbocycles. The number of aromatic amines is 1. The van der Waals surface area contributed by atoms with Crippen LogP contribution in [0.3, 0.4) is 0 Å². The van der Waals surface area contributed by atoms with Gasteiger partial charge in [0.2, 0.25) is 5.95 Å². The molecule has 0 saturated carbocycles. The molecule has 120 valence electrons. The zero-order chi connectivity index (χ0) is 16.0. The number of aromatic nitrogens is 4. The van der Waals surface area contributed by atoms with Gasteiger partial charge in [-0.2, -0.15) is 4.98 Å². The predicted molar refractivity (Wildman–Crippen MR) is 75.4 cm³/mol. The second-order valence-corrected chi connectivity index (χ2v) is 5.22. The van der Waals surface area contributed by atoms with Gasteiger partial charge >= 0.3 is 0 Å². The molecule has 0 radical (unpaired) electrons. The average molecular weight is 311 g/mol. The van der Waals surface area contributed by atoms with Gasteiger partial charge in [-0.1, -0.05) is 0 Å². The fourth-order valence-corrected chi connectivity index (χ4v) is 2.37. The Morgan fingerprint density at radius 1 is 1.41 bits per heavy atom. The number of hydrogen-bond donors (Lipinski definition) is 3. The second-order valence-electron chi connectivity index (χ2n) is 5.22. The normalized spacial score (nSPS) is 28.4. The van der Waals surface area contributed by atoms with E-state index in [0.29, 0.717) is 5.95 Å². The number of nitrogens with zero attached hydrogens (tertiary/aromatic N) is 4. The van der Waals surface area contributed by atoms with Crippen LogP contribution in [0.15, 0.2) is 11.1 Å². The van der Waals surface area contributed by atoms with Crippen LogP contribution in [0.25, 0.3) is 11.2 Å². The molecule has 3 rings (SSSR count). The molecule has 10 nitrogen and oxygen atoms in total. The Morgan fingerprint density at radius 2 is 2.14 bits per heavy atom. The molecule has 3 N–H and O–H groups in total. The summed E-state index contributed by atoms with van der Waals surface area (Å²) < 4.78 is 11.8. The maximum absolute atomic E-state index is 12.0. The van der Waals surface area contributed by atoms with E-state index in [4.69, 9.17) is 9.47 Å². The van der Waals surface area contributed by atoms with E-state index >= 15 is 0 Å². The third kappa shape index (κ3) is 2.16. The number of H-pyrrole nitrogens is 1. The Morgan fingerprint density at radius 3 is 2.73 bits per heavy atom. The van der Waals surface area contributed by atoms with E-state index in [0.717, 1.165) is 0 Å². The third-order valence-corrected chi connectivity index (χ3v) is 3.54. The van der Waals surface area contributed by atoms with Gasteiger partial charge in [0.05, 0.1) is 6.33 Å². The summed E-state index contributed by atoms with van der Waals surface area (Å²) in [4.78, 5) is 24.6. The highest BCUT2D eigenvalue weighted by Crippen LogP contribution is 2.31. The van der Waals surface area contributed by atoms with Crippen LogP contribution in [-0.4, -0.2) is 69.4 Å². The molecule has 0 spiro atoms. The van der Waals surface area contributed by atoms with Crippen molar-refractivity contribution < 1.29 is 19.7 Å². The van der Waals surface area contributed by atoms with E-state index in [1.54, 1.807) is 19.0 Å². The van der Waals surface area contributed by atoms with Gasteiger partial charge in [-0.05, 0) is 0 Å². The van der Waals surface area contributed by atoms with Crippen LogP contribution in [0.1, 0.15) is 6.23 Å². The van der Waals surface area contributed by atoms with Crippen molar-refractivity contribution in [3.8, 4) is 0 Å². The first kappa shape index (κ1) is 14.9. The first-order valence-electron chi connectivity index (χ1n) is 6.62. The quantitative estimate of drug-likeness (QED) is 0.619. The molecule has 2 aromatic rings. The zero-order valence-corrected chi connectivity index (χ0v) is 12.3. The van der Waals surface area contributed by atoms with Crippen molar-refractivity contribution in [2.75, 3.05) is 26.1 Å². The van der Waals surface area contributed by atoms with Crippen molar-refractivity contribution in [2.45, 2.75) is 24.7 Å². The van der Waals surface area contributed by atoms with Crippen LogP contribution in [0.2, 0.25) is 0 Å². The molecule has 4 atom stereocenters. The second kappa shape index (κ2) is 5.32. The van der Waals surface area contributed by atoms with Gasteiger partial charge in [-0.3, -0.25) is 14.3 Å². The molecule has 0 unspecified atom stereocenters. The molecule has 3 heterocycles. The minimum absolute atomic E-state index is 0.122. The van der Waals surface area contributed by atoms with Crippen molar-refractivity contribution in [3.05, 3.63) is 16.7 Å². The molecule has 1 aliphatic rings. The summed E-state index contributed by atoms with van der Waals surface area (Å²) in [6, 6.07) is 0. The number of aliphatic hydroxyl groups excluding tert-OH is 2. The molecular formula is C12H17N5O5. The molecule has 1 saturated heterocycles. The fourth-order valence-electron chi connectivity index (χ4n) is 2.37. The summed E-state index contributed by atoms with van der Waals surface area (Å²) in [5.41, 5.74) is -0.0269. The first-order chi connectivity index (χ1) is 10.4. The summed E-state index contributed by atoms with van der Waals surface area (Å²) >= 11 is 0. The number of aliphatic hydroxyl groups is 2. The molecule has 0 amide bonds. The van der Waals surface area contributed by atoms with Gasteiger partial charge in [0.25, 0.3) is 5.56 Å². The Kier molecular flexibility index (Phi) is 3.60. The molecule has 10 heteroatoms. The Hall–Kier alpha value is -2.01. The van der Waals surface area contributed by atoms with E-state index in [2.05, 4.69) is 15.0 Å². The maximum Gasteiger partial charge on any atom is 0.280 e. The molecule has 0 bridgehead atoms. The highest BCUT2D eigenvalue weighted by molar-refractivity contribution is 5.71. The predicted octanol–water partition coefficient (Wildman–Crippen LogP) is -1.59. The van der Waals surface area contributed by atoms with E-state index in [-0.39, 0.29) is 11.2 Å². The van der Waals surface area contributed by atoms with Gasteiger partial charge in [0.15, 0.2) is 23.7 Å². The number of rotatable bonds is 3. The summed E-state index contributed by atoms with van der Waals surface area (Å²) in [6.45, 7) is 0. The summed E-state index contributed by atoms with van der Waals surface area (Å²) in [5, 5.41) is 20.0. The van der Waals surface area contributed by atoms with Crippen LogP contribution in [0.5, 0.6) is 0 Å². The highest BCUT2D eigenvalue weighted by atomic mass is 16.7. The van der Waals surface area contributed by atoms with Gasteiger partial charge in [-0.15, -0.1) is 0 Å². The van der Waals surface area contributed by atoms with Crippen molar-refractivity contribution in [1.82, 2.24) is 19.5 Å². The number of imidazole rings is 1. The van der Waals surface area contributed by atoms with Crippen molar-refractivity contribution in [3.63, 3.8) is 0 Å². The summed E-state index contributed by atoms with van der Waals surface area (Å²) in [6.07, 6.45) is -3.01. The van der Waals surface area contributed by atoms with E-state index in [1.807, 2.05) is 0 Å². The van der Waals surface area contributed by atoms with Crippen molar-refractivity contribution in [1.29, 1.82) is 0 Å². The number of hydrogen-bond acceptors (Lipinski definition) is 8. The van der Waals surface area contributed by atoms with Gasteiger partial charge < -0.3 is 24.6 Å². The monoisotopic (exact) mass is 311 g/mol. The largest absolute Gasteiger partial charge is 0.385 e. The lowest BCUT2D eigenvalue weighted by Crippen LogP contribution is -2.32. The third-order valence-electron chi connectivity index (χ3n) is 3.54. The number of methoxy groups -OCH3 is 1. The van der Waals surface area contributed by atoms with Crippen LogP contribution < -0.4 is 10.5 Å². The minimum atomic E-state index is -1.23. The maximum atomic E-state index is 12.0. The number of nitrogens with one attached hydrogen (secondary N) is 1. The Bertz CT molecular complexity index is 741. The molecule has 1 aliphatic heterocycles. The summed E-state index contributed by atoms with van der Waals surface area (Å²) in [5.74, 6) is 0.343. The fraction of sp³-hybridized carbons (Fsp3) is 0.583. The highest BCUT2D eigenvalue weighted by Gasteiger charge is 2.44. The zero-order valence-electron chi connectivity index (χ0n) is 12.3. The van der Waals surface area contributed by atoms with Crippen LogP contribution in [0.4, 0.5) is 5.95 Å². The van der Waals surface area contributed by atoms with Gasteiger partial charge in [0, 0.05) is 21.2 Å². The lowest BCUT2D eigenvalue weighted by atomic mass is 10.2. The van der Waals surface area contributed by atoms with E-state index in [9.17, 15) is 15.0 Å². The lowest BCUT2D eigenvalue weighted by molar-refractivity contribution is -0.160. The number of anilines is 1. The lowest BCUT2D eigenvalue weighted by Gasteiger charge is -2.17. The molecule has 1 fully saturated rings. The molecular weight excluding hydrogens is 294 g/mol. The topological polar surface area (TPSA) is 126 Å². The van der Waals surface area contributed by atoms with Crippen LogP contribution in [-0.2, 0) is 9.47 Å². The molecule has 0 aromatic carbocycles. The SMILES string of the molecule is CO[C@H]1O[C@@H](n2cnc3c(=O)[nH]c(N(C)C)nc32)[C@H](O)[C@@H]1O.